The van der Waals surface area contributed by atoms with Gasteiger partial charge in [0.25, 0.3) is 0 Å². The summed E-state index contributed by atoms with van der Waals surface area (Å²) in [5.41, 5.74) is 3.44. The molecule has 31 heavy (non-hydrogen) atoms. The molecule has 0 saturated carbocycles. The first-order valence-corrected chi connectivity index (χ1v) is 10.4. The summed E-state index contributed by atoms with van der Waals surface area (Å²) in [4.78, 5) is 14.7. The first kappa shape index (κ1) is 21.1. The van der Waals surface area contributed by atoms with E-state index in [0.29, 0.717) is 40.9 Å². The van der Waals surface area contributed by atoms with Gasteiger partial charge in [-0.3, -0.25) is 4.79 Å². The zero-order valence-electron chi connectivity index (χ0n) is 18.4. The van der Waals surface area contributed by atoms with Crippen molar-refractivity contribution in [2.24, 2.45) is 0 Å². The zero-order valence-corrected chi connectivity index (χ0v) is 18.4. The molecule has 0 aliphatic carbocycles. The van der Waals surface area contributed by atoms with Crippen LogP contribution in [0.3, 0.4) is 0 Å². The first-order chi connectivity index (χ1) is 15.1. The fourth-order valence-corrected chi connectivity index (χ4v) is 4.18. The molecule has 0 spiro atoms. The molecule has 2 aliphatic rings. The lowest BCUT2D eigenvalue weighted by atomic mass is 9.90. The second-order valence-corrected chi connectivity index (χ2v) is 7.60. The molecule has 0 radical (unpaired) electrons. The number of carbonyl (C=O) groups excluding carboxylic acids is 1. The Morgan fingerprint density at radius 1 is 1.13 bits per heavy atom. The predicted molar refractivity (Wildman–Crippen MR) is 116 cm³/mol. The molecule has 2 aromatic carbocycles. The Bertz CT molecular complexity index is 1030. The van der Waals surface area contributed by atoms with Crippen LogP contribution in [0.2, 0.25) is 0 Å². The highest BCUT2D eigenvalue weighted by Gasteiger charge is 2.35. The van der Waals surface area contributed by atoms with E-state index in [2.05, 4.69) is 7.05 Å². The van der Waals surface area contributed by atoms with Crippen LogP contribution in [0, 0.1) is 0 Å². The minimum absolute atomic E-state index is 0.0808. The fraction of sp³-hybridized carbons (Fsp3) is 0.375. The number of benzene rings is 2. The Balaban J connectivity index is 1.72. The van der Waals surface area contributed by atoms with Gasteiger partial charge in [-0.1, -0.05) is 12.1 Å². The Morgan fingerprint density at radius 2 is 1.94 bits per heavy atom. The van der Waals surface area contributed by atoms with E-state index in [1.807, 2.05) is 25.1 Å². The summed E-state index contributed by atoms with van der Waals surface area (Å²) in [7, 11) is 5.36. The van der Waals surface area contributed by atoms with Gasteiger partial charge >= 0.3 is 0 Å². The smallest absolute Gasteiger partial charge is 0.231 e. The fourth-order valence-electron chi connectivity index (χ4n) is 4.18. The van der Waals surface area contributed by atoms with Gasteiger partial charge in [0.15, 0.2) is 28.8 Å². The number of allylic oxidation sites excluding steroid dienone is 1. The third kappa shape index (κ3) is 3.93. The molecule has 4 rings (SSSR count). The molecule has 7 heteroatoms. The first-order valence-electron chi connectivity index (χ1n) is 10.4. The normalized spacial score (nSPS) is 16.8. The number of ether oxygens (including phenoxy) is 5. The van der Waals surface area contributed by atoms with Crippen LogP contribution in [0.1, 0.15) is 34.0 Å². The number of nitrogens with one attached hydrogen (secondary N) is 1. The summed E-state index contributed by atoms with van der Waals surface area (Å²) in [5.74, 6) is 2.87. The van der Waals surface area contributed by atoms with E-state index >= 15 is 0 Å². The van der Waals surface area contributed by atoms with Crippen LogP contribution in [0.15, 0.2) is 24.3 Å². The predicted octanol–water partition coefficient (Wildman–Crippen LogP) is 2.30. The Hall–Kier alpha value is -3.19. The molecule has 2 aromatic rings. The maximum atomic E-state index is 13.3. The van der Waals surface area contributed by atoms with Gasteiger partial charge in [0.2, 0.25) is 12.5 Å². The van der Waals surface area contributed by atoms with E-state index in [-0.39, 0.29) is 12.6 Å². The number of quaternary nitrogens is 1. The average molecular weight is 426 g/mol. The molecule has 1 N–H and O–H groups in total. The van der Waals surface area contributed by atoms with Crippen molar-refractivity contribution in [1.29, 1.82) is 0 Å². The minimum atomic E-state index is -0.117. The SMILES string of the molecule is CCOc1cc(/C=C/C(=O)c2c3c(c(OC)c4c2OCO4)C[NH+](C)CC3)ccc1OC. The van der Waals surface area contributed by atoms with Crippen LogP contribution in [0.5, 0.6) is 28.7 Å². The molecule has 0 bridgehead atoms. The number of methoxy groups -OCH3 is 2. The number of hydrogen-bond donors (Lipinski definition) is 1. The van der Waals surface area contributed by atoms with Crippen molar-refractivity contribution in [2.45, 2.75) is 19.9 Å². The van der Waals surface area contributed by atoms with Crippen molar-refractivity contribution in [3.8, 4) is 28.7 Å². The van der Waals surface area contributed by atoms with Gasteiger partial charge in [-0.05, 0) is 36.3 Å². The molecule has 0 saturated heterocycles. The molecule has 1 atom stereocenters. The summed E-state index contributed by atoms with van der Waals surface area (Å²) in [6.45, 7) is 4.24. The maximum Gasteiger partial charge on any atom is 0.231 e. The van der Waals surface area contributed by atoms with Crippen molar-refractivity contribution in [3.63, 3.8) is 0 Å². The van der Waals surface area contributed by atoms with Crippen molar-refractivity contribution in [3.05, 3.63) is 46.5 Å². The van der Waals surface area contributed by atoms with Crippen LogP contribution in [0.4, 0.5) is 0 Å². The molecule has 0 aromatic heterocycles. The van der Waals surface area contributed by atoms with Crippen molar-refractivity contribution >= 4 is 11.9 Å². The summed E-state index contributed by atoms with van der Waals surface area (Å²) in [5, 5.41) is 0. The van der Waals surface area contributed by atoms with E-state index < -0.39 is 0 Å². The van der Waals surface area contributed by atoms with E-state index in [1.54, 1.807) is 26.4 Å². The minimum Gasteiger partial charge on any atom is -0.493 e. The summed E-state index contributed by atoms with van der Waals surface area (Å²) in [6, 6.07) is 5.58. The summed E-state index contributed by atoms with van der Waals surface area (Å²) in [6.07, 6.45) is 4.14. The second-order valence-electron chi connectivity index (χ2n) is 7.60. The third-order valence-corrected chi connectivity index (χ3v) is 5.63. The highest BCUT2D eigenvalue weighted by Crippen LogP contribution is 2.48. The highest BCUT2D eigenvalue weighted by molar-refractivity contribution is 6.11. The van der Waals surface area contributed by atoms with E-state index in [4.69, 9.17) is 23.7 Å². The molecule has 7 nitrogen and oxygen atoms in total. The molecule has 0 fully saturated rings. The number of hydrogen-bond acceptors (Lipinski definition) is 6. The molecule has 0 amide bonds. The largest absolute Gasteiger partial charge is 0.493 e. The molecular formula is C24H28NO6+. The van der Waals surface area contributed by atoms with Crippen LogP contribution in [0.25, 0.3) is 6.08 Å². The van der Waals surface area contributed by atoms with Crippen LogP contribution in [-0.2, 0) is 13.0 Å². The second kappa shape index (κ2) is 8.89. The lowest BCUT2D eigenvalue weighted by Crippen LogP contribution is -3.08. The lowest BCUT2D eigenvalue weighted by molar-refractivity contribution is -0.895. The van der Waals surface area contributed by atoms with Gasteiger partial charge in [0.05, 0.1) is 45.5 Å². The average Bonchev–Trinajstić information content (AvgIpc) is 3.25. The molecule has 2 aliphatic heterocycles. The van der Waals surface area contributed by atoms with Gasteiger partial charge in [0.1, 0.15) is 6.54 Å². The van der Waals surface area contributed by atoms with Gasteiger partial charge < -0.3 is 28.6 Å². The quantitative estimate of drug-likeness (QED) is 0.541. The van der Waals surface area contributed by atoms with Gasteiger partial charge in [-0.15, -0.1) is 0 Å². The van der Waals surface area contributed by atoms with E-state index in [0.717, 1.165) is 36.2 Å². The van der Waals surface area contributed by atoms with Crippen LogP contribution in [-0.4, -0.2) is 47.0 Å². The maximum absolute atomic E-state index is 13.3. The topological polar surface area (TPSA) is 67.7 Å². The summed E-state index contributed by atoms with van der Waals surface area (Å²) < 4.78 is 28.0. The van der Waals surface area contributed by atoms with Gasteiger partial charge in [-0.25, -0.2) is 0 Å². The summed E-state index contributed by atoms with van der Waals surface area (Å²) >= 11 is 0. The highest BCUT2D eigenvalue weighted by atomic mass is 16.7. The Morgan fingerprint density at radius 3 is 2.68 bits per heavy atom. The van der Waals surface area contributed by atoms with Crippen molar-refractivity contribution < 1.29 is 33.4 Å². The monoisotopic (exact) mass is 426 g/mol. The number of ketones is 1. The molecule has 1 unspecified atom stereocenters. The van der Waals surface area contributed by atoms with Crippen LogP contribution >= 0.6 is 0 Å². The van der Waals surface area contributed by atoms with Gasteiger partial charge in [0, 0.05) is 6.42 Å². The third-order valence-electron chi connectivity index (χ3n) is 5.63. The Kier molecular flexibility index (Phi) is 6.04. The van der Waals surface area contributed by atoms with E-state index in [1.165, 1.54) is 4.90 Å². The van der Waals surface area contributed by atoms with Crippen molar-refractivity contribution in [1.82, 2.24) is 0 Å². The standard InChI is InChI=1S/C24H27NO6/c1-5-29-20-12-15(7-9-19(20)27-3)6-8-18(26)21-16-10-11-25(2)13-17(16)22(28-4)24-23(21)30-14-31-24/h6-9,12H,5,10-11,13-14H2,1-4H3/p+1/b8-6+. The number of carbonyl (C=O) groups is 1. The van der Waals surface area contributed by atoms with Gasteiger partial charge in [-0.2, -0.15) is 0 Å². The van der Waals surface area contributed by atoms with Crippen LogP contribution < -0.4 is 28.6 Å². The zero-order chi connectivity index (χ0) is 22.0. The van der Waals surface area contributed by atoms with Crippen molar-refractivity contribution in [2.75, 3.05) is 41.2 Å². The number of fused-ring (bicyclic) bond motifs is 2. The number of rotatable bonds is 7. The molecule has 164 valence electrons. The molecular weight excluding hydrogens is 398 g/mol. The lowest BCUT2D eigenvalue weighted by Gasteiger charge is -2.26. The Labute approximate surface area is 182 Å². The molecule has 2 heterocycles. The van der Waals surface area contributed by atoms with E-state index in [9.17, 15) is 4.79 Å². The number of likely N-dealkylation sites (N-methyl/N-ethyl adjacent to an activating group) is 1.